The first-order chi connectivity index (χ1) is 11.1. The minimum absolute atomic E-state index is 0.107. The second kappa shape index (κ2) is 6.87. The molecule has 1 aliphatic heterocycles. The van der Waals surface area contributed by atoms with Crippen molar-refractivity contribution in [2.45, 2.75) is 32.2 Å². The largest absolute Gasteiger partial charge is 0.423 e. The van der Waals surface area contributed by atoms with Crippen molar-refractivity contribution in [1.82, 2.24) is 15.5 Å². The van der Waals surface area contributed by atoms with E-state index in [1.807, 2.05) is 0 Å². The fraction of sp³-hybridized carbons (Fsp3) is 0.438. The molecule has 1 atom stereocenters. The zero-order chi connectivity index (χ0) is 16.2. The summed E-state index contributed by atoms with van der Waals surface area (Å²) in [5.74, 6) is 0.202. The maximum absolute atomic E-state index is 13.5. The molecule has 1 unspecified atom stereocenters. The average Bonchev–Trinajstić information content (AvgIpc) is 3.05. The van der Waals surface area contributed by atoms with Crippen LogP contribution in [0.4, 0.5) is 4.39 Å². The van der Waals surface area contributed by atoms with Gasteiger partial charge in [-0.05, 0) is 37.5 Å². The van der Waals surface area contributed by atoms with Gasteiger partial charge in [0, 0.05) is 12.2 Å². The van der Waals surface area contributed by atoms with Crippen molar-refractivity contribution >= 4 is 5.91 Å². The van der Waals surface area contributed by atoms with Gasteiger partial charge in [0.25, 0.3) is 5.91 Å². The molecule has 7 heteroatoms. The van der Waals surface area contributed by atoms with Gasteiger partial charge in [0.15, 0.2) is 0 Å². The second-order valence-electron chi connectivity index (χ2n) is 5.54. The van der Waals surface area contributed by atoms with Gasteiger partial charge in [0.05, 0.1) is 19.1 Å². The van der Waals surface area contributed by atoms with Crippen molar-refractivity contribution in [2.75, 3.05) is 13.2 Å². The molecule has 1 aliphatic rings. The topological polar surface area (TPSA) is 77.2 Å². The van der Waals surface area contributed by atoms with Crippen LogP contribution in [0.5, 0.6) is 0 Å². The van der Waals surface area contributed by atoms with Crippen LogP contribution in [0.25, 0.3) is 0 Å². The van der Waals surface area contributed by atoms with Crippen LogP contribution in [0.2, 0.25) is 0 Å². The number of ether oxygens (including phenoxy) is 1. The number of amides is 1. The fourth-order valence-electron chi connectivity index (χ4n) is 2.54. The maximum atomic E-state index is 13.5. The predicted octanol–water partition coefficient (Wildman–Crippen LogP) is 2.34. The zero-order valence-corrected chi connectivity index (χ0v) is 12.8. The Labute approximate surface area is 133 Å². The molecule has 0 radical (unpaired) electrons. The molecular formula is C16H18FN3O3. The molecular weight excluding hydrogens is 301 g/mol. The molecule has 0 bridgehead atoms. The molecule has 2 heterocycles. The molecule has 6 nitrogen and oxygen atoms in total. The maximum Gasteiger partial charge on any atom is 0.252 e. The van der Waals surface area contributed by atoms with Crippen LogP contribution in [0.15, 0.2) is 22.6 Å². The van der Waals surface area contributed by atoms with E-state index in [-0.39, 0.29) is 18.4 Å². The summed E-state index contributed by atoms with van der Waals surface area (Å²) in [5.41, 5.74) is 0.612. The van der Waals surface area contributed by atoms with E-state index in [9.17, 15) is 9.18 Å². The van der Waals surface area contributed by atoms with Gasteiger partial charge in [0.1, 0.15) is 5.82 Å². The number of carbonyl (C=O) groups is 1. The van der Waals surface area contributed by atoms with Gasteiger partial charge in [-0.15, -0.1) is 10.2 Å². The monoisotopic (exact) mass is 319 g/mol. The van der Waals surface area contributed by atoms with E-state index in [0.29, 0.717) is 29.5 Å². The lowest BCUT2D eigenvalue weighted by atomic mass is 10.0. The first-order valence-corrected chi connectivity index (χ1v) is 7.58. The number of hydrogen-bond acceptors (Lipinski definition) is 5. The number of nitrogens with zero attached hydrogens (tertiary/aromatic N) is 2. The lowest BCUT2D eigenvalue weighted by molar-refractivity contribution is 0.0720. The van der Waals surface area contributed by atoms with Gasteiger partial charge >= 0.3 is 0 Å². The molecule has 3 rings (SSSR count). The Morgan fingerprint density at radius 1 is 1.43 bits per heavy atom. The third kappa shape index (κ3) is 3.56. The summed E-state index contributed by atoms with van der Waals surface area (Å²) in [4.78, 5) is 12.1. The number of benzene rings is 1. The molecule has 23 heavy (non-hydrogen) atoms. The molecule has 1 N–H and O–H groups in total. The van der Waals surface area contributed by atoms with Crippen molar-refractivity contribution in [3.8, 4) is 0 Å². The summed E-state index contributed by atoms with van der Waals surface area (Å²) in [6.07, 6.45) is 1.93. The lowest BCUT2D eigenvalue weighted by Crippen LogP contribution is -2.24. The van der Waals surface area contributed by atoms with Gasteiger partial charge in [-0.1, -0.05) is 6.07 Å². The highest BCUT2D eigenvalue weighted by Gasteiger charge is 2.22. The van der Waals surface area contributed by atoms with Gasteiger partial charge in [-0.3, -0.25) is 4.79 Å². The lowest BCUT2D eigenvalue weighted by Gasteiger charge is -2.18. The molecule has 1 amide bonds. The van der Waals surface area contributed by atoms with Crippen molar-refractivity contribution in [3.05, 3.63) is 46.9 Å². The predicted molar refractivity (Wildman–Crippen MR) is 79.4 cm³/mol. The molecule has 1 fully saturated rings. The molecule has 122 valence electrons. The van der Waals surface area contributed by atoms with E-state index < -0.39 is 5.82 Å². The third-order valence-corrected chi connectivity index (χ3v) is 3.90. The Hall–Kier alpha value is -2.28. The first kappa shape index (κ1) is 15.6. The minimum atomic E-state index is -0.407. The third-order valence-electron chi connectivity index (χ3n) is 3.90. The van der Waals surface area contributed by atoms with E-state index in [1.165, 1.54) is 12.1 Å². The first-order valence-electron chi connectivity index (χ1n) is 7.58. The Kier molecular flexibility index (Phi) is 4.66. The number of hydrogen-bond donors (Lipinski definition) is 1. The highest BCUT2D eigenvalue weighted by Crippen LogP contribution is 2.24. The molecule has 2 aromatic rings. The molecule has 1 aromatic heterocycles. The smallest absolute Gasteiger partial charge is 0.252 e. The molecule has 1 saturated heterocycles. The van der Waals surface area contributed by atoms with E-state index in [1.54, 1.807) is 13.0 Å². The summed E-state index contributed by atoms with van der Waals surface area (Å²) in [7, 11) is 0. The average molecular weight is 319 g/mol. The van der Waals surface area contributed by atoms with Crippen LogP contribution in [-0.2, 0) is 11.3 Å². The van der Waals surface area contributed by atoms with E-state index in [0.717, 1.165) is 19.4 Å². The SMILES string of the molecule is Cc1c(F)cccc1C(=O)NCc1nnc(C2CCCOC2)o1. The van der Waals surface area contributed by atoms with Crippen LogP contribution < -0.4 is 5.32 Å². The summed E-state index contributed by atoms with van der Waals surface area (Å²) in [6.45, 7) is 3.02. The number of nitrogens with one attached hydrogen (secondary N) is 1. The van der Waals surface area contributed by atoms with Crippen LogP contribution >= 0.6 is 0 Å². The van der Waals surface area contributed by atoms with Crippen LogP contribution in [0.1, 0.15) is 46.5 Å². The van der Waals surface area contributed by atoms with E-state index >= 15 is 0 Å². The van der Waals surface area contributed by atoms with Crippen molar-refractivity contribution < 1.29 is 18.3 Å². The van der Waals surface area contributed by atoms with E-state index in [4.69, 9.17) is 9.15 Å². The number of carbonyl (C=O) groups excluding carboxylic acids is 1. The standard InChI is InChI=1S/C16H18FN3O3/c1-10-12(5-2-6-13(10)17)15(21)18-8-14-19-20-16(23-14)11-4-3-7-22-9-11/h2,5-6,11H,3-4,7-9H2,1H3,(H,18,21). The minimum Gasteiger partial charge on any atom is -0.423 e. The van der Waals surface area contributed by atoms with Crippen LogP contribution in [0.3, 0.4) is 0 Å². The Bertz CT molecular complexity index is 696. The summed E-state index contributed by atoms with van der Waals surface area (Å²) < 4.78 is 24.4. The normalized spacial score (nSPS) is 17.9. The second-order valence-corrected chi connectivity index (χ2v) is 5.54. The Morgan fingerprint density at radius 2 is 2.30 bits per heavy atom. The van der Waals surface area contributed by atoms with Gasteiger partial charge in [-0.25, -0.2) is 4.39 Å². The van der Waals surface area contributed by atoms with Gasteiger partial charge < -0.3 is 14.5 Å². The molecule has 1 aromatic carbocycles. The quantitative estimate of drug-likeness (QED) is 0.936. The number of rotatable bonds is 4. The van der Waals surface area contributed by atoms with Gasteiger partial charge in [0.2, 0.25) is 11.8 Å². The van der Waals surface area contributed by atoms with Crippen LogP contribution in [-0.4, -0.2) is 29.3 Å². The number of aromatic nitrogens is 2. The molecule has 0 saturated carbocycles. The fourth-order valence-corrected chi connectivity index (χ4v) is 2.54. The summed E-state index contributed by atoms with van der Waals surface area (Å²) in [6, 6.07) is 4.40. The number of halogens is 1. The van der Waals surface area contributed by atoms with Crippen molar-refractivity contribution in [3.63, 3.8) is 0 Å². The highest BCUT2D eigenvalue weighted by atomic mass is 19.1. The highest BCUT2D eigenvalue weighted by molar-refractivity contribution is 5.95. The van der Waals surface area contributed by atoms with E-state index in [2.05, 4.69) is 15.5 Å². The van der Waals surface area contributed by atoms with Gasteiger partial charge in [-0.2, -0.15) is 0 Å². The molecule has 0 aliphatic carbocycles. The summed E-state index contributed by atoms with van der Waals surface area (Å²) >= 11 is 0. The zero-order valence-electron chi connectivity index (χ0n) is 12.8. The van der Waals surface area contributed by atoms with Crippen molar-refractivity contribution in [2.24, 2.45) is 0 Å². The Morgan fingerprint density at radius 3 is 3.09 bits per heavy atom. The van der Waals surface area contributed by atoms with Crippen molar-refractivity contribution in [1.29, 1.82) is 0 Å². The molecule has 0 spiro atoms. The Balaban J connectivity index is 1.61. The summed E-state index contributed by atoms with van der Waals surface area (Å²) in [5, 5.41) is 10.6. The van der Waals surface area contributed by atoms with Crippen LogP contribution in [0, 0.1) is 12.7 Å².